The van der Waals surface area contributed by atoms with Gasteiger partial charge in [-0.2, -0.15) is 0 Å². The van der Waals surface area contributed by atoms with Crippen LogP contribution in [0.2, 0.25) is 0 Å². The van der Waals surface area contributed by atoms with Crippen LogP contribution in [0.5, 0.6) is 0 Å². The fourth-order valence-corrected chi connectivity index (χ4v) is 1.63. The Morgan fingerprint density at radius 2 is 1.91 bits per heavy atom. The van der Waals surface area contributed by atoms with Crippen LogP contribution >= 0.6 is 11.3 Å². The van der Waals surface area contributed by atoms with E-state index >= 15 is 0 Å². The van der Waals surface area contributed by atoms with Gasteiger partial charge < -0.3 is 0 Å². The third kappa shape index (κ3) is 3.03. The monoisotopic (exact) mass is 160 g/mol. The largest absolute Gasteiger partial charge is 1.00 e. The Morgan fingerprint density at radius 3 is 2.09 bits per heavy atom. The molecule has 56 valence electrons. The SMILES string of the molecule is Cc1[c-]cc(C(C)(C)C)s1.[Li+]. The Hall–Kier alpha value is 0.297. The molecule has 0 spiro atoms. The van der Waals surface area contributed by atoms with Crippen molar-refractivity contribution in [2.24, 2.45) is 0 Å². The minimum Gasteiger partial charge on any atom is -0.266 e. The van der Waals surface area contributed by atoms with Crippen molar-refractivity contribution in [2.45, 2.75) is 33.1 Å². The van der Waals surface area contributed by atoms with Crippen molar-refractivity contribution in [3.8, 4) is 0 Å². The molecule has 0 aliphatic rings. The van der Waals surface area contributed by atoms with Crippen LogP contribution in [0, 0.1) is 13.0 Å². The second kappa shape index (κ2) is 3.80. The van der Waals surface area contributed by atoms with E-state index in [9.17, 15) is 0 Å². The molecule has 0 fully saturated rings. The minimum absolute atomic E-state index is 0. The van der Waals surface area contributed by atoms with Crippen molar-refractivity contribution in [1.29, 1.82) is 0 Å². The van der Waals surface area contributed by atoms with Gasteiger partial charge in [-0.1, -0.05) is 26.2 Å². The summed E-state index contributed by atoms with van der Waals surface area (Å²) >= 11 is 1.84. The standard InChI is InChI=1S/C9H13S.Li/c1-7-5-6-8(10-7)9(2,3)4;/h6H,1-4H3;/q-1;+1. The maximum absolute atomic E-state index is 3.19. The van der Waals surface area contributed by atoms with Gasteiger partial charge >= 0.3 is 18.9 Å². The molecule has 0 nitrogen and oxygen atoms in total. The second-order valence-electron chi connectivity index (χ2n) is 3.56. The molecule has 0 unspecified atom stereocenters. The van der Waals surface area contributed by atoms with E-state index in [0.717, 1.165) is 0 Å². The molecule has 1 aromatic rings. The van der Waals surface area contributed by atoms with Gasteiger partial charge in [0, 0.05) is 0 Å². The first kappa shape index (κ1) is 11.3. The average molecular weight is 160 g/mol. The molecular weight excluding hydrogens is 147 g/mol. The summed E-state index contributed by atoms with van der Waals surface area (Å²) in [6, 6.07) is 5.29. The van der Waals surface area contributed by atoms with E-state index in [2.05, 4.69) is 39.8 Å². The first-order valence-electron chi connectivity index (χ1n) is 3.49. The maximum Gasteiger partial charge on any atom is 1.00 e. The third-order valence-corrected chi connectivity index (χ3v) is 2.78. The summed E-state index contributed by atoms with van der Waals surface area (Å²) in [5.74, 6) is 0. The van der Waals surface area contributed by atoms with Crippen LogP contribution in [0.3, 0.4) is 0 Å². The molecule has 0 amide bonds. The van der Waals surface area contributed by atoms with Crippen molar-refractivity contribution >= 4 is 11.3 Å². The summed E-state index contributed by atoms with van der Waals surface area (Å²) in [6.45, 7) is 8.78. The van der Waals surface area contributed by atoms with Crippen LogP contribution < -0.4 is 18.9 Å². The molecule has 0 saturated carbocycles. The van der Waals surface area contributed by atoms with Crippen LogP contribution in [0.4, 0.5) is 0 Å². The Labute approximate surface area is 85.2 Å². The molecule has 0 saturated heterocycles. The molecule has 0 aromatic carbocycles. The molecule has 1 aromatic heterocycles. The molecule has 0 N–H and O–H groups in total. The van der Waals surface area contributed by atoms with E-state index in [1.54, 1.807) is 0 Å². The number of aryl methyl sites for hydroxylation is 1. The summed E-state index contributed by atoms with van der Waals surface area (Å²) in [5, 5.41) is 0. The van der Waals surface area contributed by atoms with Crippen LogP contribution in [0.15, 0.2) is 6.07 Å². The van der Waals surface area contributed by atoms with Crippen LogP contribution in [0.25, 0.3) is 0 Å². The molecule has 1 rings (SSSR count). The molecule has 0 aliphatic carbocycles. The van der Waals surface area contributed by atoms with Gasteiger partial charge in [-0.15, -0.1) is 9.75 Å². The number of hydrogen-bond donors (Lipinski definition) is 0. The molecule has 11 heavy (non-hydrogen) atoms. The predicted molar refractivity (Wildman–Crippen MR) is 46.6 cm³/mol. The quantitative estimate of drug-likeness (QED) is 0.374. The van der Waals surface area contributed by atoms with Crippen molar-refractivity contribution in [1.82, 2.24) is 0 Å². The van der Waals surface area contributed by atoms with Crippen molar-refractivity contribution in [3.05, 3.63) is 21.9 Å². The third-order valence-electron chi connectivity index (χ3n) is 1.41. The number of thiophene rings is 1. The van der Waals surface area contributed by atoms with Gasteiger partial charge in [0.05, 0.1) is 0 Å². The summed E-state index contributed by atoms with van der Waals surface area (Å²) in [5.41, 5.74) is 0.301. The zero-order valence-electron chi connectivity index (χ0n) is 7.99. The Balaban J connectivity index is 0.000001000. The smallest absolute Gasteiger partial charge is 0.266 e. The van der Waals surface area contributed by atoms with Crippen LogP contribution in [-0.2, 0) is 5.41 Å². The average Bonchev–Trinajstić information content (AvgIpc) is 2.11. The maximum atomic E-state index is 3.19. The van der Waals surface area contributed by atoms with Crippen LogP contribution in [-0.4, -0.2) is 0 Å². The van der Waals surface area contributed by atoms with E-state index in [4.69, 9.17) is 0 Å². The summed E-state index contributed by atoms with van der Waals surface area (Å²) in [6.07, 6.45) is 0. The van der Waals surface area contributed by atoms with Crippen molar-refractivity contribution in [3.63, 3.8) is 0 Å². The fraction of sp³-hybridized carbons (Fsp3) is 0.556. The Kier molecular flexibility index (Phi) is 3.91. The molecule has 0 radical (unpaired) electrons. The first-order valence-corrected chi connectivity index (χ1v) is 4.30. The normalized spacial score (nSPS) is 10.9. The minimum atomic E-state index is 0. The molecule has 0 bridgehead atoms. The fourth-order valence-electron chi connectivity index (χ4n) is 0.761. The van der Waals surface area contributed by atoms with Gasteiger partial charge in [0.15, 0.2) is 0 Å². The van der Waals surface area contributed by atoms with Gasteiger partial charge in [-0.3, -0.25) is 11.3 Å². The topological polar surface area (TPSA) is 0 Å². The predicted octanol–water partition coefficient (Wildman–Crippen LogP) is 0.158. The molecule has 0 atom stereocenters. The van der Waals surface area contributed by atoms with Gasteiger partial charge in [0.1, 0.15) is 0 Å². The first-order chi connectivity index (χ1) is 4.50. The van der Waals surface area contributed by atoms with E-state index < -0.39 is 0 Å². The van der Waals surface area contributed by atoms with Crippen LogP contribution in [0.1, 0.15) is 30.5 Å². The van der Waals surface area contributed by atoms with Gasteiger partial charge in [0.25, 0.3) is 0 Å². The Bertz CT molecular complexity index is 220. The van der Waals surface area contributed by atoms with E-state index in [1.165, 1.54) is 9.75 Å². The van der Waals surface area contributed by atoms with Gasteiger partial charge in [-0.05, 0) is 6.92 Å². The summed E-state index contributed by atoms with van der Waals surface area (Å²) in [7, 11) is 0. The number of rotatable bonds is 0. The zero-order valence-corrected chi connectivity index (χ0v) is 8.80. The van der Waals surface area contributed by atoms with E-state index in [0.29, 0.717) is 5.41 Å². The molecule has 2 heteroatoms. The zero-order chi connectivity index (χ0) is 7.78. The van der Waals surface area contributed by atoms with Crippen molar-refractivity contribution in [2.75, 3.05) is 0 Å². The van der Waals surface area contributed by atoms with Gasteiger partial charge in [-0.25, -0.2) is 12.1 Å². The number of hydrogen-bond acceptors (Lipinski definition) is 1. The summed E-state index contributed by atoms with van der Waals surface area (Å²) < 4.78 is 0. The summed E-state index contributed by atoms with van der Waals surface area (Å²) in [4.78, 5) is 2.70. The Morgan fingerprint density at radius 1 is 1.36 bits per heavy atom. The van der Waals surface area contributed by atoms with E-state index in [-0.39, 0.29) is 18.9 Å². The molecule has 1 heterocycles. The molecule has 0 aliphatic heterocycles. The van der Waals surface area contributed by atoms with E-state index in [1.807, 2.05) is 11.3 Å². The molecular formula is C9H13LiS. The van der Waals surface area contributed by atoms with Crippen molar-refractivity contribution < 1.29 is 18.9 Å². The second-order valence-corrected chi connectivity index (χ2v) is 4.82. The van der Waals surface area contributed by atoms with Gasteiger partial charge in [0.2, 0.25) is 0 Å².